The minimum atomic E-state index is -0.0448. The van der Waals surface area contributed by atoms with E-state index < -0.39 is 0 Å². The van der Waals surface area contributed by atoms with Crippen LogP contribution in [0.4, 0.5) is 0 Å². The van der Waals surface area contributed by atoms with E-state index in [2.05, 4.69) is 22.7 Å². The van der Waals surface area contributed by atoms with Crippen LogP contribution in [0.3, 0.4) is 0 Å². The summed E-state index contributed by atoms with van der Waals surface area (Å²) < 4.78 is 7.75. The first-order chi connectivity index (χ1) is 13.6. The Bertz CT molecular complexity index is 655. The summed E-state index contributed by atoms with van der Waals surface area (Å²) in [6.45, 7) is 4.93. The first-order valence-electron chi connectivity index (χ1n) is 11.3. The van der Waals surface area contributed by atoms with Gasteiger partial charge in [0.2, 0.25) is 5.88 Å². The minimum absolute atomic E-state index is 0.0448. The molecule has 3 aliphatic rings. The molecule has 2 bridgehead atoms. The van der Waals surface area contributed by atoms with E-state index in [4.69, 9.17) is 4.74 Å². The van der Waals surface area contributed by atoms with Gasteiger partial charge in [-0.15, -0.1) is 0 Å². The summed E-state index contributed by atoms with van der Waals surface area (Å²) >= 11 is 0. The van der Waals surface area contributed by atoms with Gasteiger partial charge in [-0.1, -0.05) is 19.3 Å². The van der Waals surface area contributed by atoms with E-state index in [-0.39, 0.29) is 11.9 Å². The maximum Gasteiger partial charge on any atom is 0.258 e. The van der Waals surface area contributed by atoms with E-state index in [1.165, 1.54) is 38.5 Å². The number of hydrogen-bond acceptors (Lipinski definition) is 4. The van der Waals surface area contributed by atoms with Gasteiger partial charge < -0.3 is 15.4 Å². The summed E-state index contributed by atoms with van der Waals surface area (Å²) in [5.74, 6) is 3.45. The summed E-state index contributed by atoms with van der Waals surface area (Å²) in [5, 5.41) is 10.9. The second-order valence-corrected chi connectivity index (χ2v) is 9.38. The third kappa shape index (κ3) is 4.53. The fraction of sp³-hybridized carbons (Fsp3) is 0.818. The molecule has 1 amide bonds. The molecule has 1 aromatic rings. The van der Waals surface area contributed by atoms with E-state index in [1.54, 1.807) is 10.9 Å². The molecule has 1 saturated heterocycles. The second-order valence-electron chi connectivity index (χ2n) is 9.38. The molecule has 1 aromatic heterocycles. The molecular weight excluding hydrogens is 352 g/mol. The SMILES string of the molecule is CC(NC(=O)c1cnn(C)c1OCC1CCNCC1)C1CC2CCCC(C2)C1. The number of piperidine rings is 1. The molecule has 0 spiro atoms. The van der Waals surface area contributed by atoms with Crippen molar-refractivity contribution < 1.29 is 9.53 Å². The van der Waals surface area contributed by atoms with Crippen molar-refractivity contribution in [2.24, 2.45) is 30.7 Å². The molecule has 28 heavy (non-hydrogen) atoms. The van der Waals surface area contributed by atoms with Gasteiger partial charge in [0.15, 0.2) is 0 Å². The van der Waals surface area contributed by atoms with E-state index >= 15 is 0 Å². The fourth-order valence-electron chi connectivity index (χ4n) is 5.59. The lowest BCUT2D eigenvalue weighted by molar-refractivity contribution is 0.0848. The summed E-state index contributed by atoms with van der Waals surface area (Å²) in [5.41, 5.74) is 0.569. The molecule has 156 valence electrons. The first kappa shape index (κ1) is 19.7. The van der Waals surface area contributed by atoms with Crippen molar-refractivity contribution in [3.05, 3.63) is 11.8 Å². The molecule has 6 nitrogen and oxygen atoms in total. The summed E-state index contributed by atoms with van der Waals surface area (Å²) in [6, 6.07) is 0.202. The van der Waals surface area contributed by atoms with Crippen molar-refractivity contribution in [3.8, 4) is 5.88 Å². The molecule has 2 N–H and O–H groups in total. The zero-order valence-corrected chi connectivity index (χ0v) is 17.5. The zero-order chi connectivity index (χ0) is 19.5. The number of carbonyl (C=O) groups excluding carboxylic acids is 1. The predicted molar refractivity (Wildman–Crippen MR) is 109 cm³/mol. The van der Waals surface area contributed by atoms with Crippen LogP contribution in [0.2, 0.25) is 0 Å². The highest BCUT2D eigenvalue weighted by Gasteiger charge is 2.35. The normalized spacial score (nSPS) is 29.3. The average Bonchev–Trinajstić information content (AvgIpc) is 3.07. The van der Waals surface area contributed by atoms with Gasteiger partial charge in [-0.3, -0.25) is 4.79 Å². The van der Waals surface area contributed by atoms with Crippen LogP contribution in [0, 0.1) is 23.7 Å². The summed E-state index contributed by atoms with van der Waals surface area (Å²) in [4.78, 5) is 13.0. The largest absolute Gasteiger partial charge is 0.477 e. The molecule has 0 radical (unpaired) electrons. The summed E-state index contributed by atoms with van der Waals surface area (Å²) in [6.07, 6.45) is 12.0. The maximum atomic E-state index is 13.0. The van der Waals surface area contributed by atoms with Gasteiger partial charge in [0.25, 0.3) is 5.91 Å². The van der Waals surface area contributed by atoms with E-state index in [1.807, 2.05) is 7.05 Å². The lowest BCUT2D eigenvalue weighted by atomic mass is 9.66. The van der Waals surface area contributed by atoms with Crippen molar-refractivity contribution in [2.75, 3.05) is 19.7 Å². The quantitative estimate of drug-likeness (QED) is 0.786. The monoisotopic (exact) mass is 388 g/mol. The van der Waals surface area contributed by atoms with E-state index in [0.717, 1.165) is 37.8 Å². The Morgan fingerprint density at radius 3 is 2.68 bits per heavy atom. The van der Waals surface area contributed by atoms with Crippen LogP contribution in [0.1, 0.15) is 68.6 Å². The third-order valence-corrected chi connectivity index (χ3v) is 7.27. The number of carbonyl (C=O) groups is 1. The van der Waals surface area contributed by atoms with Crippen LogP contribution in [0.25, 0.3) is 0 Å². The number of amides is 1. The van der Waals surface area contributed by atoms with Gasteiger partial charge >= 0.3 is 0 Å². The van der Waals surface area contributed by atoms with Crippen LogP contribution in [0.5, 0.6) is 5.88 Å². The molecule has 6 heteroatoms. The average molecular weight is 389 g/mol. The van der Waals surface area contributed by atoms with Crippen molar-refractivity contribution in [1.82, 2.24) is 20.4 Å². The molecule has 0 aromatic carbocycles. The van der Waals surface area contributed by atoms with Gasteiger partial charge in [-0.05, 0) is 75.8 Å². The summed E-state index contributed by atoms with van der Waals surface area (Å²) in [7, 11) is 1.85. The Hall–Kier alpha value is -1.56. The molecule has 1 aliphatic heterocycles. The van der Waals surface area contributed by atoms with Crippen LogP contribution in [-0.4, -0.2) is 41.4 Å². The number of fused-ring (bicyclic) bond motifs is 2. The van der Waals surface area contributed by atoms with E-state index in [0.29, 0.717) is 29.9 Å². The number of nitrogens with one attached hydrogen (secondary N) is 2. The first-order valence-corrected chi connectivity index (χ1v) is 11.3. The van der Waals surface area contributed by atoms with Gasteiger partial charge in [0.1, 0.15) is 5.56 Å². The molecule has 3 atom stereocenters. The second kappa shape index (κ2) is 8.85. The maximum absolute atomic E-state index is 13.0. The van der Waals surface area contributed by atoms with Gasteiger partial charge in [-0.2, -0.15) is 5.10 Å². The van der Waals surface area contributed by atoms with Crippen molar-refractivity contribution >= 4 is 5.91 Å². The lowest BCUT2D eigenvalue weighted by Gasteiger charge is -2.41. The molecule has 4 rings (SSSR count). The number of nitrogens with zero attached hydrogens (tertiary/aromatic N) is 2. The Morgan fingerprint density at radius 2 is 1.96 bits per heavy atom. The zero-order valence-electron chi connectivity index (χ0n) is 17.5. The van der Waals surface area contributed by atoms with Crippen LogP contribution >= 0.6 is 0 Å². The van der Waals surface area contributed by atoms with Gasteiger partial charge in [0.05, 0.1) is 12.8 Å². The van der Waals surface area contributed by atoms with Crippen LogP contribution in [-0.2, 0) is 7.05 Å². The van der Waals surface area contributed by atoms with Crippen LogP contribution < -0.4 is 15.4 Å². The minimum Gasteiger partial charge on any atom is -0.477 e. The van der Waals surface area contributed by atoms with E-state index in [9.17, 15) is 4.79 Å². The number of ether oxygens (including phenoxy) is 1. The van der Waals surface area contributed by atoms with Crippen LogP contribution in [0.15, 0.2) is 6.20 Å². The Morgan fingerprint density at radius 1 is 1.25 bits per heavy atom. The topological polar surface area (TPSA) is 68.2 Å². The Kier molecular flexibility index (Phi) is 6.24. The smallest absolute Gasteiger partial charge is 0.258 e. The van der Waals surface area contributed by atoms with Gasteiger partial charge in [0, 0.05) is 13.1 Å². The van der Waals surface area contributed by atoms with Gasteiger partial charge in [-0.25, -0.2) is 4.68 Å². The lowest BCUT2D eigenvalue weighted by Crippen LogP contribution is -2.42. The molecule has 2 heterocycles. The van der Waals surface area contributed by atoms with Crippen molar-refractivity contribution in [2.45, 2.75) is 64.3 Å². The molecule has 3 unspecified atom stereocenters. The highest BCUT2D eigenvalue weighted by atomic mass is 16.5. The number of rotatable bonds is 6. The predicted octanol–water partition coefficient (Wildman–Crippen LogP) is 3.13. The van der Waals surface area contributed by atoms with Crippen molar-refractivity contribution in [3.63, 3.8) is 0 Å². The molecule has 2 aliphatic carbocycles. The molecular formula is C22H36N4O2. The highest BCUT2D eigenvalue weighted by Crippen LogP contribution is 2.43. The fourth-order valence-corrected chi connectivity index (χ4v) is 5.59. The molecule has 3 fully saturated rings. The standard InChI is InChI=1S/C22H36N4O2/c1-15(19-11-17-4-3-5-18(10-17)12-19)25-21(27)20-13-24-26(2)22(20)28-14-16-6-8-23-9-7-16/h13,15-19,23H,3-12,14H2,1-2H3,(H,25,27). The molecule has 2 saturated carbocycles. The highest BCUT2D eigenvalue weighted by molar-refractivity contribution is 5.96. The Balaban J connectivity index is 1.35. The number of hydrogen-bond donors (Lipinski definition) is 2. The number of aryl methyl sites for hydroxylation is 1. The Labute approximate surface area is 168 Å². The van der Waals surface area contributed by atoms with Crippen molar-refractivity contribution in [1.29, 1.82) is 0 Å². The third-order valence-electron chi connectivity index (χ3n) is 7.27. The number of aromatic nitrogens is 2.